The van der Waals surface area contributed by atoms with Crippen LogP contribution in [0.4, 0.5) is 4.79 Å². The molecule has 0 atom stereocenters. The van der Waals surface area contributed by atoms with E-state index in [4.69, 9.17) is 4.74 Å². The van der Waals surface area contributed by atoms with Crippen molar-refractivity contribution in [3.63, 3.8) is 0 Å². The summed E-state index contributed by atoms with van der Waals surface area (Å²) < 4.78 is 5.95. The van der Waals surface area contributed by atoms with Crippen LogP contribution in [0.1, 0.15) is 22.3 Å². The summed E-state index contributed by atoms with van der Waals surface area (Å²) in [5.74, 6) is 0.299. The van der Waals surface area contributed by atoms with Crippen molar-refractivity contribution in [1.82, 2.24) is 10.2 Å². The largest absolute Gasteiger partial charge is 0.488 e. The van der Waals surface area contributed by atoms with E-state index in [-0.39, 0.29) is 18.1 Å². The number of imide groups is 1. The molecule has 150 valence electrons. The van der Waals surface area contributed by atoms with Crippen molar-refractivity contribution >= 4 is 18.0 Å². The molecule has 1 N–H and O–H groups in total. The summed E-state index contributed by atoms with van der Waals surface area (Å²) in [5, 5.41) is 2.68. The minimum Gasteiger partial charge on any atom is -0.488 e. The van der Waals surface area contributed by atoms with Gasteiger partial charge in [-0.15, -0.1) is 0 Å². The van der Waals surface area contributed by atoms with Crippen LogP contribution in [0.3, 0.4) is 0 Å². The molecular formula is C25H22N2O3. The number of para-hydroxylation sites is 1. The summed E-state index contributed by atoms with van der Waals surface area (Å²) in [5.41, 5.74) is 4.01. The number of amides is 3. The Labute approximate surface area is 175 Å². The third-order valence-electron chi connectivity index (χ3n) is 4.84. The lowest BCUT2D eigenvalue weighted by Gasteiger charge is -2.12. The maximum atomic E-state index is 12.8. The molecule has 5 heteroatoms. The van der Waals surface area contributed by atoms with E-state index >= 15 is 0 Å². The predicted octanol–water partition coefficient (Wildman–Crippen LogP) is 4.67. The van der Waals surface area contributed by atoms with Crippen LogP contribution in [-0.4, -0.2) is 16.8 Å². The summed E-state index contributed by atoms with van der Waals surface area (Å²) in [6.45, 7) is 2.63. The van der Waals surface area contributed by atoms with Crippen LogP contribution in [0, 0.1) is 6.92 Å². The molecule has 1 saturated heterocycles. The Morgan fingerprint density at radius 1 is 0.900 bits per heavy atom. The molecule has 4 rings (SSSR count). The van der Waals surface area contributed by atoms with E-state index in [9.17, 15) is 9.59 Å². The number of rotatable bonds is 6. The molecule has 3 amide bonds. The highest BCUT2D eigenvalue weighted by Gasteiger charge is 2.33. The fraction of sp³-hybridized carbons (Fsp3) is 0.120. The van der Waals surface area contributed by atoms with Gasteiger partial charge < -0.3 is 10.1 Å². The van der Waals surface area contributed by atoms with Crippen molar-refractivity contribution < 1.29 is 14.3 Å². The van der Waals surface area contributed by atoms with Crippen molar-refractivity contribution in [2.75, 3.05) is 0 Å². The van der Waals surface area contributed by atoms with Crippen LogP contribution >= 0.6 is 0 Å². The van der Waals surface area contributed by atoms with E-state index < -0.39 is 6.03 Å². The van der Waals surface area contributed by atoms with Gasteiger partial charge in [-0.3, -0.25) is 9.69 Å². The van der Waals surface area contributed by atoms with Gasteiger partial charge >= 0.3 is 6.03 Å². The summed E-state index contributed by atoms with van der Waals surface area (Å²) in [6.07, 6.45) is 1.66. The molecule has 3 aromatic rings. The second kappa shape index (κ2) is 8.66. The maximum absolute atomic E-state index is 12.8. The molecule has 0 bridgehead atoms. The lowest BCUT2D eigenvalue weighted by atomic mass is 10.1. The van der Waals surface area contributed by atoms with E-state index in [2.05, 4.69) is 5.32 Å². The van der Waals surface area contributed by atoms with Crippen LogP contribution in [0.5, 0.6) is 5.75 Å². The molecule has 5 nitrogen and oxygen atoms in total. The first-order valence-electron chi connectivity index (χ1n) is 9.76. The third-order valence-corrected chi connectivity index (χ3v) is 4.84. The van der Waals surface area contributed by atoms with Gasteiger partial charge in [0.25, 0.3) is 5.91 Å². The zero-order chi connectivity index (χ0) is 20.9. The Morgan fingerprint density at radius 3 is 2.43 bits per heavy atom. The number of ether oxygens (including phenoxy) is 1. The first-order valence-corrected chi connectivity index (χ1v) is 9.76. The number of carbonyl (C=O) groups excluding carboxylic acids is 2. The standard InChI is InChI=1S/C25H22N2O3/c1-18-8-7-11-20(14-18)16-27-24(28)22(26-25(27)29)15-21-12-5-6-13-23(21)30-17-19-9-3-2-4-10-19/h2-15H,16-17H2,1H3,(H,26,29)/b22-15+. The first-order chi connectivity index (χ1) is 14.6. The second-order valence-electron chi connectivity index (χ2n) is 7.18. The molecule has 30 heavy (non-hydrogen) atoms. The molecule has 0 aromatic heterocycles. The average molecular weight is 398 g/mol. The monoisotopic (exact) mass is 398 g/mol. The van der Waals surface area contributed by atoms with Gasteiger partial charge in [0.2, 0.25) is 0 Å². The zero-order valence-electron chi connectivity index (χ0n) is 16.7. The number of carbonyl (C=O) groups is 2. The Balaban J connectivity index is 1.52. The van der Waals surface area contributed by atoms with Gasteiger partial charge in [-0.05, 0) is 30.2 Å². The van der Waals surface area contributed by atoms with Gasteiger partial charge in [-0.25, -0.2) is 4.79 Å². The number of nitrogens with one attached hydrogen (secondary N) is 1. The van der Waals surface area contributed by atoms with Crippen molar-refractivity contribution in [3.05, 3.63) is 107 Å². The van der Waals surface area contributed by atoms with Gasteiger partial charge in [0, 0.05) is 5.56 Å². The lowest BCUT2D eigenvalue weighted by molar-refractivity contribution is -0.123. The molecular weight excluding hydrogens is 376 g/mol. The SMILES string of the molecule is Cc1cccc(CN2C(=O)N/C(=C/c3ccccc3OCc3ccccc3)C2=O)c1. The lowest BCUT2D eigenvalue weighted by Crippen LogP contribution is -2.30. The number of aryl methyl sites for hydroxylation is 1. The second-order valence-corrected chi connectivity index (χ2v) is 7.18. The van der Waals surface area contributed by atoms with Crippen molar-refractivity contribution in [2.45, 2.75) is 20.1 Å². The van der Waals surface area contributed by atoms with Gasteiger partial charge in [0.05, 0.1) is 6.54 Å². The van der Waals surface area contributed by atoms with Crippen LogP contribution in [0.2, 0.25) is 0 Å². The Hall–Kier alpha value is -3.86. The molecule has 1 aliphatic heterocycles. The highest BCUT2D eigenvalue weighted by atomic mass is 16.5. The quantitative estimate of drug-likeness (QED) is 0.485. The summed E-state index contributed by atoms with van der Waals surface area (Å²) in [7, 11) is 0. The van der Waals surface area contributed by atoms with Crippen LogP contribution in [0.25, 0.3) is 6.08 Å². The zero-order valence-corrected chi connectivity index (χ0v) is 16.7. The van der Waals surface area contributed by atoms with Crippen molar-refractivity contribution in [3.8, 4) is 5.75 Å². The molecule has 0 spiro atoms. The molecule has 3 aromatic carbocycles. The van der Waals surface area contributed by atoms with Gasteiger partial charge in [-0.1, -0.05) is 78.4 Å². The smallest absolute Gasteiger partial charge is 0.329 e. The van der Waals surface area contributed by atoms with Crippen molar-refractivity contribution in [1.29, 1.82) is 0 Å². The highest BCUT2D eigenvalue weighted by molar-refractivity contribution is 6.14. The van der Waals surface area contributed by atoms with Crippen molar-refractivity contribution in [2.24, 2.45) is 0 Å². The molecule has 0 saturated carbocycles. The molecule has 0 radical (unpaired) electrons. The number of hydrogen-bond donors (Lipinski definition) is 1. The first kappa shape index (κ1) is 19.5. The number of urea groups is 1. The topological polar surface area (TPSA) is 58.6 Å². The molecule has 1 fully saturated rings. The van der Waals surface area contributed by atoms with E-state index in [1.165, 1.54) is 4.90 Å². The summed E-state index contributed by atoms with van der Waals surface area (Å²) >= 11 is 0. The van der Waals surface area contributed by atoms with E-state index in [0.29, 0.717) is 12.4 Å². The number of nitrogens with zero attached hydrogens (tertiary/aromatic N) is 1. The number of hydrogen-bond acceptors (Lipinski definition) is 3. The van der Waals surface area contributed by atoms with E-state index in [0.717, 1.165) is 22.3 Å². The normalized spacial score (nSPS) is 14.8. The molecule has 0 aliphatic carbocycles. The highest BCUT2D eigenvalue weighted by Crippen LogP contribution is 2.24. The number of benzene rings is 3. The fourth-order valence-corrected chi connectivity index (χ4v) is 3.33. The molecule has 0 unspecified atom stereocenters. The Morgan fingerprint density at radius 2 is 1.63 bits per heavy atom. The summed E-state index contributed by atoms with van der Waals surface area (Å²) in [6, 6.07) is 24.7. The summed E-state index contributed by atoms with van der Waals surface area (Å²) in [4.78, 5) is 26.4. The predicted molar refractivity (Wildman–Crippen MR) is 115 cm³/mol. The van der Waals surface area contributed by atoms with Crippen LogP contribution in [0.15, 0.2) is 84.6 Å². The Bertz CT molecular complexity index is 1110. The third kappa shape index (κ3) is 4.41. The van der Waals surface area contributed by atoms with E-state index in [1.807, 2.05) is 85.8 Å². The van der Waals surface area contributed by atoms with E-state index in [1.54, 1.807) is 6.08 Å². The van der Waals surface area contributed by atoms with Gasteiger partial charge in [-0.2, -0.15) is 0 Å². The van der Waals surface area contributed by atoms with Crippen LogP contribution < -0.4 is 10.1 Å². The van der Waals surface area contributed by atoms with Gasteiger partial charge in [0.1, 0.15) is 18.1 Å². The average Bonchev–Trinajstić information content (AvgIpc) is 3.01. The van der Waals surface area contributed by atoms with Gasteiger partial charge in [0.15, 0.2) is 0 Å². The maximum Gasteiger partial charge on any atom is 0.329 e. The minimum atomic E-state index is -0.421. The van der Waals surface area contributed by atoms with Crippen LogP contribution in [-0.2, 0) is 17.9 Å². The minimum absolute atomic E-state index is 0.232. The molecule has 1 aliphatic rings. The Kier molecular flexibility index (Phi) is 5.61. The molecule has 1 heterocycles. The fourth-order valence-electron chi connectivity index (χ4n) is 3.33.